The zero-order chi connectivity index (χ0) is 20.3. The predicted molar refractivity (Wildman–Crippen MR) is 103 cm³/mol. The Morgan fingerprint density at radius 3 is 2.36 bits per heavy atom. The van der Waals surface area contributed by atoms with Gasteiger partial charge in [0.05, 0.1) is 0 Å². The number of ketones is 1. The van der Waals surface area contributed by atoms with E-state index in [0.717, 1.165) is 38.5 Å². The molecule has 28 heavy (non-hydrogen) atoms. The fourth-order valence-corrected chi connectivity index (χ4v) is 7.02. The number of allylic oxidation sites excluding steroid dienone is 1. The van der Waals surface area contributed by atoms with E-state index >= 15 is 0 Å². The SMILES string of the molecule is CC(=O)O[C@@H]1CC2C3C(=O)C=C4C[C@@H](OC(C)=O)CC[C@]4(C)C3CC[C@]2(C)C1. The van der Waals surface area contributed by atoms with Gasteiger partial charge >= 0.3 is 11.9 Å². The van der Waals surface area contributed by atoms with Gasteiger partial charge in [-0.15, -0.1) is 0 Å². The summed E-state index contributed by atoms with van der Waals surface area (Å²) in [6, 6.07) is 0. The number of hydrogen-bond acceptors (Lipinski definition) is 5. The van der Waals surface area contributed by atoms with Gasteiger partial charge in [0.2, 0.25) is 0 Å². The molecule has 4 aliphatic rings. The molecule has 3 unspecified atom stereocenters. The first-order valence-electron chi connectivity index (χ1n) is 10.7. The lowest BCUT2D eigenvalue weighted by Gasteiger charge is -2.56. The predicted octanol–water partition coefficient (Wildman–Crippen LogP) is 3.99. The number of hydrogen-bond donors (Lipinski definition) is 0. The van der Waals surface area contributed by atoms with Gasteiger partial charge in [-0.05, 0) is 67.3 Å². The minimum Gasteiger partial charge on any atom is -0.463 e. The van der Waals surface area contributed by atoms with E-state index in [0.29, 0.717) is 12.3 Å². The number of carbonyl (C=O) groups is 3. The van der Waals surface area contributed by atoms with E-state index in [-0.39, 0.29) is 52.6 Å². The summed E-state index contributed by atoms with van der Waals surface area (Å²) in [5, 5.41) is 0. The molecule has 0 aromatic heterocycles. The van der Waals surface area contributed by atoms with Crippen molar-refractivity contribution in [2.45, 2.75) is 84.8 Å². The molecule has 5 nitrogen and oxygen atoms in total. The van der Waals surface area contributed by atoms with Gasteiger partial charge in [0.15, 0.2) is 5.78 Å². The smallest absolute Gasteiger partial charge is 0.302 e. The Balaban J connectivity index is 1.61. The van der Waals surface area contributed by atoms with Gasteiger partial charge in [0.25, 0.3) is 0 Å². The fourth-order valence-electron chi connectivity index (χ4n) is 7.02. The van der Waals surface area contributed by atoms with Crippen molar-refractivity contribution in [3.05, 3.63) is 11.6 Å². The highest BCUT2D eigenvalue weighted by Crippen LogP contribution is 2.64. The molecule has 0 bridgehead atoms. The second kappa shape index (κ2) is 6.70. The van der Waals surface area contributed by atoms with Crippen LogP contribution in [0.4, 0.5) is 0 Å². The number of ether oxygens (including phenoxy) is 2. The molecular weight excluding hydrogens is 356 g/mol. The van der Waals surface area contributed by atoms with E-state index < -0.39 is 0 Å². The van der Waals surface area contributed by atoms with Gasteiger partial charge in [-0.2, -0.15) is 0 Å². The van der Waals surface area contributed by atoms with Crippen LogP contribution in [0.15, 0.2) is 11.6 Å². The lowest BCUT2D eigenvalue weighted by Crippen LogP contribution is -2.52. The van der Waals surface area contributed by atoms with Gasteiger partial charge in [-0.3, -0.25) is 14.4 Å². The summed E-state index contributed by atoms with van der Waals surface area (Å²) in [7, 11) is 0. The van der Waals surface area contributed by atoms with Crippen LogP contribution < -0.4 is 0 Å². The van der Waals surface area contributed by atoms with Crippen LogP contribution in [-0.4, -0.2) is 29.9 Å². The maximum Gasteiger partial charge on any atom is 0.302 e. The van der Waals surface area contributed by atoms with Crippen LogP contribution in [0.1, 0.15) is 72.6 Å². The summed E-state index contributed by atoms with van der Waals surface area (Å²) in [4.78, 5) is 36.1. The van der Waals surface area contributed by atoms with Crippen molar-refractivity contribution in [3.8, 4) is 0 Å². The minimum absolute atomic E-state index is 0.01000. The van der Waals surface area contributed by atoms with Crippen LogP contribution in [0.2, 0.25) is 0 Å². The second-order valence-electron chi connectivity index (χ2n) is 10.1. The molecule has 7 atom stereocenters. The quantitative estimate of drug-likeness (QED) is 0.669. The normalized spacial score (nSPS) is 44.6. The summed E-state index contributed by atoms with van der Waals surface area (Å²) >= 11 is 0. The molecular formula is C23H32O5. The van der Waals surface area contributed by atoms with Crippen LogP contribution in [0.3, 0.4) is 0 Å². The van der Waals surface area contributed by atoms with Crippen LogP contribution in [-0.2, 0) is 23.9 Å². The second-order valence-corrected chi connectivity index (χ2v) is 10.1. The fraction of sp³-hybridized carbons (Fsp3) is 0.783. The Hall–Kier alpha value is -1.65. The highest BCUT2D eigenvalue weighted by Gasteiger charge is 2.60. The molecule has 0 aromatic rings. The average molecular weight is 389 g/mol. The molecule has 0 aliphatic heterocycles. The first-order valence-corrected chi connectivity index (χ1v) is 10.7. The van der Waals surface area contributed by atoms with Crippen molar-refractivity contribution in [1.29, 1.82) is 0 Å². The Morgan fingerprint density at radius 2 is 1.68 bits per heavy atom. The Kier molecular flexibility index (Phi) is 4.71. The summed E-state index contributed by atoms with van der Waals surface area (Å²) < 4.78 is 11.0. The van der Waals surface area contributed by atoms with Crippen molar-refractivity contribution in [3.63, 3.8) is 0 Å². The molecule has 0 saturated heterocycles. The van der Waals surface area contributed by atoms with E-state index in [4.69, 9.17) is 9.47 Å². The molecule has 4 aliphatic carbocycles. The molecule has 0 aromatic carbocycles. The topological polar surface area (TPSA) is 69.7 Å². The number of rotatable bonds is 2. The Labute approximate surface area is 167 Å². The molecule has 0 amide bonds. The van der Waals surface area contributed by atoms with Crippen LogP contribution in [0.5, 0.6) is 0 Å². The zero-order valence-corrected chi connectivity index (χ0v) is 17.5. The molecule has 4 rings (SSSR count). The monoisotopic (exact) mass is 388 g/mol. The molecule has 0 N–H and O–H groups in total. The van der Waals surface area contributed by atoms with Gasteiger partial charge in [-0.1, -0.05) is 19.4 Å². The first kappa shape index (κ1) is 19.7. The summed E-state index contributed by atoms with van der Waals surface area (Å²) in [5.74, 6) is 0.414. The van der Waals surface area contributed by atoms with Crippen LogP contribution >= 0.6 is 0 Å². The highest BCUT2D eigenvalue weighted by atomic mass is 16.5. The highest BCUT2D eigenvalue weighted by molar-refractivity contribution is 5.94. The van der Waals surface area contributed by atoms with Gasteiger partial charge in [0.1, 0.15) is 12.2 Å². The molecule has 0 spiro atoms. The molecule has 3 fully saturated rings. The number of esters is 2. The van der Waals surface area contributed by atoms with Gasteiger partial charge in [-0.25, -0.2) is 0 Å². The maximum atomic E-state index is 13.3. The number of carbonyl (C=O) groups excluding carboxylic acids is 3. The largest absolute Gasteiger partial charge is 0.463 e. The van der Waals surface area contributed by atoms with E-state index in [9.17, 15) is 14.4 Å². The standard InChI is InChI=1S/C23H32O5/c1-13(24)27-16-5-8-23(4)15(9-16)10-20(26)21-18(23)6-7-22(3)12-17(11-19(21)22)28-14(2)25/h10,16-19,21H,5-9,11-12H2,1-4H3/t16-,17+,18?,19?,21?,22+,23-/m0/s1. The van der Waals surface area contributed by atoms with Crippen molar-refractivity contribution < 1.29 is 23.9 Å². The molecule has 5 heteroatoms. The molecule has 0 heterocycles. The van der Waals surface area contributed by atoms with Gasteiger partial charge < -0.3 is 9.47 Å². The number of fused-ring (bicyclic) bond motifs is 5. The van der Waals surface area contributed by atoms with Crippen molar-refractivity contribution in [2.75, 3.05) is 0 Å². The summed E-state index contributed by atoms with van der Waals surface area (Å²) in [6.45, 7) is 7.51. The van der Waals surface area contributed by atoms with Crippen molar-refractivity contribution in [2.24, 2.45) is 28.6 Å². The van der Waals surface area contributed by atoms with E-state index in [1.54, 1.807) is 0 Å². The third kappa shape index (κ3) is 3.11. The van der Waals surface area contributed by atoms with E-state index in [1.807, 2.05) is 6.08 Å². The third-order valence-electron chi connectivity index (χ3n) is 8.29. The van der Waals surface area contributed by atoms with Gasteiger partial charge in [0, 0.05) is 26.2 Å². The Morgan fingerprint density at radius 1 is 1.00 bits per heavy atom. The van der Waals surface area contributed by atoms with E-state index in [2.05, 4.69) is 13.8 Å². The van der Waals surface area contributed by atoms with Crippen LogP contribution in [0.25, 0.3) is 0 Å². The van der Waals surface area contributed by atoms with Crippen molar-refractivity contribution in [1.82, 2.24) is 0 Å². The lowest BCUT2D eigenvalue weighted by molar-refractivity contribution is -0.149. The molecule has 0 radical (unpaired) electrons. The molecule has 154 valence electrons. The maximum absolute atomic E-state index is 13.3. The third-order valence-corrected chi connectivity index (χ3v) is 8.29. The summed E-state index contributed by atoms with van der Waals surface area (Å²) in [5.41, 5.74) is 1.26. The first-order chi connectivity index (χ1) is 13.1. The Bertz CT molecular complexity index is 739. The summed E-state index contributed by atoms with van der Waals surface area (Å²) in [6.07, 6.45) is 8.03. The zero-order valence-electron chi connectivity index (χ0n) is 17.5. The van der Waals surface area contributed by atoms with E-state index in [1.165, 1.54) is 19.4 Å². The lowest BCUT2D eigenvalue weighted by atomic mass is 9.48. The van der Waals surface area contributed by atoms with Crippen LogP contribution in [0, 0.1) is 28.6 Å². The average Bonchev–Trinajstić information content (AvgIpc) is 2.90. The molecule has 3 saturated carbocycles. The minimum atomic E-state index is -0.245. The van der Waals surface area contributed by atoms with Crippen molar-refractivity contribution >= 4 is 17.7 Å².